The van der Waals surface area contributed by atoms with Crippen LogP contribution in [0.4, 0.5) is 0 Å². The molecule has 3 nitrogen and oxygen atoms in total. The van der Waals surface area contributed by atoms with Crippen LogP contribution in [0.5, 0.6) is 5.75 Å². The molecular formula is C13H15NO2. The minimum Gasteiger partial charge on any atom is -0.493 e. The van der Waals surface area contributed by atoms with Gasteiger partial charge in [-0.05, 0) is 11.5 Å². The summed E-state index contributed by atoms with van der Waals surface area (Å²) in [6.45, 7) is 1.13. The average molecular weight is 217 g/mol. The standard InChI is InChI=1S/C13H15NO2/c14-16-10-4-9-15-13-8-3-6-11-5-1-2-7-12(11)13/h1-3,5-8H,4,9-10,14H2. The highest BCUT2D eigenvalue weighted by Gasteiger charge is 2.00. The van der Waals surface area contributed by atoms with E-state index in [1.807, 2.05) is 24.3 Å². The van der Waals surface area contributed by atoms with Crippen molar-refractivity contribution in [2.45, 2.75) is 6.42 Å². The topological polar surface area (TPSA) is 44.5 Å². The van der Waals surface area contributed by atoms with E-state index in [9.17, 15) is 0 Å². The van der Waals surface area contributed by atoms with E-state index in [2.05, 4.69) is 23.0 Å². The van der Waals surface area contributed by atoms with Crippen LogP contribution in [0, 0.1) is 0 Å². The van der Waals surface area contributed by atoms with Gasteiger partial charge >= 0.3 is 0 Å². The third-order valence-electron chi connectivity index (χ3n) is 2.41. The zero-order valence-electron chi connectivity index (χ0n) is 9.06. The van der Waals surface area contributed by atoms with Crippen molar-refractivity contribution < 1.29 is 9.57 Å². The lowest BCUT2D eigenvalue weighted by Crippen LogP contribution is -2.06. The SMILES string of the molecule is NOCCCOc1cccc2ccccc12. The first kappa shape index (κ1) is 10.9. The van der Waals surface area contributed by atoms with Crippen molar-refractivity contribution in [2.24, 2.45) is 5.90 Å². The number of benzene rings is 2. The summed E-state index contributed by atoms with van der Waals surface area (Å²) in [6.07, 6.45) is 0.791. The molecule has 2 rings (SSSR count). The summed E-state index contributed by atoms with van der Waals surface area (Å²) in [5.41, 5.74) is 0. The molecule has 0 heterocycles. The predicted octanol–water partition coefficient (Wildman–Crippen LogP) is 2.50. The molecule has 0 aliphatic rings. The van der Waals surface area contributed by atoms with E-state index in [0.717, 1.165) is 17.6 Å². The first-order valence-electron chi connectivity index (χ1n) is 5.34. The molecule has 0 atom stereocenters. The lowest BCUT2D eigenvalue weighted by molar-refractivity contribution is 0.122. The average Bonchev–Trinajstić information content (AvgIpc) is 2.35. The smallest absolute Gasteiger partial charge is 0.127 e. The molecule has 0 bridgehead atoms. The van der Waals surface area contributed by atoms with Crippen LogP contribution < -0.4 is 10.6 Å². The summed E-state index contributed by atoms with van der Waals surface area (Å²) < 4.78 is 5.69. The second-order valence-electron chi connectivity index (χ2n) is 3.55. The van der Waals surface area contributed by atoms with Gasteiger partial charge in [0, 0.05) is 11.8 Å². The van der Waals surface area contributed by atoms with Crippen molar-refractivity contribution in [3.05, 3.63) is 42.5 Å². The lowest BCUT2D eigenvalue weighted by atomic mass is 10.1. The van der Waals surface area contributed by atoms with E-state index in [-0.39, 0.29) is 0 Å². The summed E-state index contributed by atoms with van der Waals surface area (Å²) in [7, 11) is 0. The van der Waals surface area contributed by atoms with Crippen molar-refractivity contribution in [3.8, 4) is 5.75 Å². The number of fused-ring (bicyclic) bond motifs is 1. The number of hydrogen-bond acceptors (Lipinski definition) is 3. The quantitative estimate of drug-likeness (QED) is 0.618. The van der Waals surface area contributed by atoms with Crippen molar-refractivity contribution in [1.29, 1.82) is 0 Å². The summed E-state index contributed by atoms with van der Waals surface area (Å²) in [4.78, 5) is 4.49. The Kier molecular flexibility index (Phi) is 3.75. The van der Waals surface area contributed by atoms with Crippen LogP contribution in [-0.4, -0.2) is 13.2 Å². The zero-order valence-corrected chi connectivity index (χ0v) is 9.06. The molecule has 0 saturated carbocycles. The van der Waals surface area contributed by atoms with Gasteiger partial charge in [0.05, 0.1) is 13.2 Å². The maximum absolute atomic E-state index is 5.69. The molecule has 2 aromatic rings. The van der Waals surface area contributed by atoms with Crippen LogP contribution in [0.1, 0.15) is 6.42 Å². The number of nitrogens with two attached hydrogens (primary N) is 1. The van der Waals surface area contributed by atoms with Crippen molar-refractivity contribution in [2.75, 3.05) is 13.2 Å². The van der Waals surface area contributed by atoms with Gasteiger partial charge in [0.1, 0.15) is 5.75 Å². The van der Waals surface area contributed by atoms with E-state index in [4.69, 9.17) is 10.6 Å². The van der Waals surface area contributed by atoms with Crippen LogP contribution in [0.2, 0.25) is 0 Å². The Morgan fingerprint density at radius 1 is 0.938 bits per heavy atom. The van der Waals surface area contributed by atoms with Gasteiger partial charge in [-0.2, -0.15) is 0 Å². The Morgan fingerprint density at radius 3 is 2.62 bits per heavy atom. The van der Waals surface area contributed by atoms with Gasteiger partial charge in [0.2, 0.25) is 0 Å². The molecule has 16 heavy (non-hydrogen) atoms. The van der Waals surface area contributed by atoms with E-state index >= 15 is 0 Å². The van der Waals surface area contributed by atoms with Crippen LogP contribution in [0.3, 0.4) is 0 Å². The van der Waals surface area contributed by atoms with E-state index < -0.39 is 0 Å². The third kappa shape index (κ3) is 2.51. The normalized spacial score (nSPS) is 10.6. The Labute approximate surface area is 94.7 Å². The Morgan fingerprint density at radius 2 is 1.75 bits per heavy atom. The highest BCUT2D eigenvalue weighted by Crippen LogP contribution is 2.24. The molecule has 0 fully saturated rings. The summed E-state index contributed by atoms with van der Waals surface area (Å²) >= 11 is 0. The molecule has 0 radical (unpaired) electrons. The highest BCUT2D eigenvalue weighted by atomic mass is 16.6. The maximum atomic E-state index is 5.69. The van der Waals surface area contributed by atoms with Gasteiger partial charge in [0.15, 0.2) is 0 Å². The highest BCUT2D eigenvalue weighted by molar-refractivity contribution is 5.88. The van der Waals surface area contributed by atoms with Crippen LogP contribution in [0.25, 0.3) is 10.8 Å². The third-order valence-corrected chi connectivity index (χ3v) is 2.41. The van der Waals surface area contributed by atoms with Crippen molar-refractivity contribution in [1.82, 2.24) is 0 Å². The molecule has 0 aliphatic heterocycles. The number of hydrogen-bond donors (Lipinski definition) is 1. The Hall–Kier alpha value is -1.58. The molecule has 0 saturated heterocycles. The van der Waals surface area contributed by atoms with Gasteiger partial charge in [-0.25, -0.2) is 5.90 Å². The van der Waals surface area contributed by atoms with E-state index in [1.165, 1.54) is 5.39 Å². The van der Waals surface area contributed by atoms with Gasteiger partial charge < -0.3 is 9.57 Å². The molecule has 3 heteroatoms. The largest absolute Gasteiger partial charge is 0.493 e. The fourth-order valence-corrected chi connectivity index (χ4v) is 1.65. The van der Waals surface area contributed by atoms with E-state index in [1.54, 1.807) is 0 Å². The van der Waals surface area contributed by atoms with Gasteiger partial charge in [-0.3, -0.25) is 0 Å². The number of rotatable bonds is 5. The minimum atomic E-state index is 0.519. The second kappa shape index (κ2) is 5.49. The zero-order chi connectivity index (χ0) is 11.2. The summed E-state index contributed by atoms with van der Waals surface area (Å²) in [6, 6.07) is 14.2. The second-order valence-corrected chi connectivity index (χ2v) is 3.55. The van der Waals surface area contributed by atoms with Gasteiger partial charge in [0.25, 0.3) is 0 Å². The molecule has 2 N–H and O–H groups in total. The fourth-order valence-electron chi connectivity index (χ4n) is 1.65. The minimum absolute atomic E-state index is 0.519. The van der Waals surface area contributed by atoms with Crippen molar-refractivity contribution in [3.63, 3.8) is 0 Å². The molecule has 0 aromatic heterocycles. The van der Waals surface area contributed by atoms with Crippen LogP contribution >= 0.6 is 0 Å². The lowest BCUT2D eigenvalue weighted by Gasteiger charge is -2.08. The van der Waals surface area contributed by atoms with Gasteiger partial charge in [-0.15, -0.1) is 0 Å². The molecule has 0 aliphatic carbocycles. The predicted molar refractivity (Wildman–Crippen MR) is 64.2 cm³/mol. The molecule has 84 valence electrons. The molecule has 2 aromatic carbocycles. The number of ether oxygens (including phenoxy) is 1. The first-order chi connectivity index (χ1) is 7.92. The maximum Gasteiger partial charge on any atom is 0.127 e. The summed E-state index contributed by atoms with van der Waals surface area (Å²) in [5, 5.41) is 2.33. The first-order valence-corrected chi connectivity index (χ1v) is 5.34. The summed E-state index contributed by atoms with van der Waals surface area (Å²) in [5.74, 6) is 5.86. The van der Waals surface area contributed by atoms with E-state index in [0.29, 0.717) is 13.2 Å². The Balaban J connectivity index is 2.11. The molecule has 0 amide bonds. The Bertz CT molecular complexity index is 451. The van der Waals surface area contributed by atoms with Crippen LogP contribution in [-0.2, 0) is 4.84 Å². The molecule has 0 unspecified atom stereocenters. The van der Waals surface area contributed by atoms with Crippen molar-refractivity contribution >= 4 is 10.8 Å². The van der Waals surface area contributed by atoms with Crippen LogP contribution in [0.15, 0.2) is 42.5 Å². The van der Waals surface area contributed by atoms with Gasteiger partial charge in [-0.1, -0.05) is 36.4 Å². The molecule has 0 spiro atoms. The molecular weight excluding hydrogens is 202 g/mol. The fraction of sp³-hybridized carbons (Fsp3) is 0.231. The monoisotopic (exact) mass is 217 g/mol.